The summed E-state index contributed by atoms with van der Waals surface area (Å²) in [5.74, 6) is 0. The minimum absolute atomic E-state index is 0.481. The predicted octanol–water partition coefficient (Wildman–Crippen LogP) is 5.61. The molecule has 0 amide bonds. The number of hydrogen-bond acceptors (Lipinski definition) is 2. The number of nitrogens with one attached hydrogen (secondary N) is 1. The molecule has 112 valence electrons. The Hall–Kier alpha value is -1.55. The van der Waals surface area contributed by atoms with Crippen molar-refractivity contribution in [2.75, 3.05) is 0 Å². The molecule has 3 rings (SSSR count). The van der Waals surface area contributed by atoms with Gasteiger partial charge in [0.05, 0.1) is 20.6 Å². The average Bonchev–Trinajstić information content (AvgIpc) is 2.86. The van der Waals surface area contributed by atoms with Crippen molar-refractivity contribution < 1.29 is 0 Å². The first-order chi connectivity index (χ1) is 10.5. The fourth-order valence-electron chi connectivity index (χ4n) is 2.30. The van der Waals surface area contributed by atoms with Gasteiger partial charge in [0.2, 0.25) is 0 Å². The molecule has 2 nitrogen and oxygen atoms in total. The number of rotatable bonds is 2. The van der Waals surface area contributed by atoms with Gasteiger partial charge in [0, 0.05) is 6.20 Å². The summed E-state index contributed by atoms with van der Waals surface area (Å²) in [5.41, 5.74) is 4.32. The van der Waals surface area contributed by atoms with Gasteiger partial charge in [-0.15, -0.1) is 0 Å². The Kier molecular flexibility index (Phi) is 4.13. The Balaban J connectivity index is 2.13. The van der Waals surface area contributed by atoms with E-state index in [-0.39, 0.29) is 0 Å². The molecule has 0 atom stereocenters. The van der Waals surface area contributed by atoms with Gasteiger partial charge in [0.15, 0.2) is 4.80 Å². The van der Waals surface area contributed by atoms with E-state index in [1.54, 1.807) is 6.07 Å². The van der Waals surface area contributed by atoms with Crippen LogP contribution in [0.4, 0.5) is 0 Å². The zero-order chi connectivity index (χ0) is 15.9. The van der Waals surface area contributed by atoms with Crippen LogP contribution in [0.5, 0.6) is 0 Å². The zero-order valence-electron chi connectivity index (χ0n) is 12.2. The largest absolute Gasteiger partial charge is 0.292 e. The molecule has 1 aromatic heterocycles. The summed E-state index contributed by atoms with van der Waals surface area (Å²) in [6.07, 6.45) is 1.98. The first kappa shape index (κ1) is 15.3. The molecular weight excluding hydrogens is 335 g/mol. The van der Waals surface area contributed by atoms with Crippen LogP contribution in [0.1, 0.15) is 11.1 Å². The van der Waals surface area contributed by atoms with E-state index in [4.69, 9.17) is 28.6 Å². The van der Waals surface area contributed by atoms with E-state index in [1.165, 1.54) is 16.9 Å². The molecule has 0 radical (unpaired) electrons. The molecule has 0 bridgehead atoms. The average molecular weight is 349 g/mol. The number of benzene rings is 2. The highest BCUT2D eigenvalue weighted by Crippen LogP contribution is 2.30. The molecule has 0 spiro atoms. The van der Waals surface area contributed by atoms with Crippen LogP contribution in [0.3, 0.4) is 0 Å². The van der Waals surface area contributed by atoms with E-state index in [1.807, 2.05) is 22.9 Å². The van der Waals surface area contributed by atoms with Crippen molar-refractivity contribution >= 4 is 34.5 Å². The van der Waals surface area contributed by atoms with Gasteiger partial charge in [-0.25, -0.2) is 0 Å². The van der Waals surface area contributed by atoms with Crippen molar-refractivity contribution in [3.63, 3.8) is 0 Å². The lowest BCUT2D eigenvalue weighted by Crippen LogP contribution is -2.10. The normalized spacial score (nSPS) is 10.9. The van der Waals surface area contributed by atoms with Crippen LogP contribution in [-0.2, 0) is 0 Å². The smallest absolute Gasteiger partial charge is 0.187 e. The van der Waals surface area contributed by atoms with Gasteiger partial charge in [0.1, 0.15) is 0 Å². The second kappa shape index (κ2) is 5.92. The van der Waals surface area contributed by atoms with E-state index in [0.717, 1.165) is 21.7 Å². The second-order valence-corrected chi connectivity index (χ2v) is 7.03. The minimum Gasteiger partial charge on any atom is -0.292 e. The van der Waals surface area contributed by atoms with Gasteiger partial charge in [-0.2, -0.15) is 0 Å². The first-order valence-electron chi connectivity index (χ1n) is 6.76. The van der Waals surface area contributed by atoms with Crippen molar-refractivity contribution in [1.82, 2.24) is 4.57 Å². The lowest BCUT2D eigenvalue weighted by molar-refractivity contribution is 0.966. The Bertz CT molecular complexity index is 909. The van der Waals surface area contributed by atoms with Crippen LogP contribution in [0.15, 0.2) is 42.6 Å². The van der Waals surface area contributed by atoms with Crippen LogP contribution in [0, 0.1) is 19.3 Å². The quantitative estimate of drug-likeness (QED) is 0.623. The van der Waals surface area contributed by atoms with E-state index in [0.29, 0.717) is 14.8 Å². The summed E-state index contributed by atoms with van der Waals surface area (Å²) in [5, 5.41) is 9.33. The number of halogens is 2. The molecule has 0 saturated carbocycles. The van der Waals surface area contributed by atoms with Gasteiger partial charge in [-0.3, -0.25) is 9.98 Å². The summed E-state index contributed by atoms with van der Waals surface area (Å²) in [6.45, 7) is 4.11. The van der Waals surface area contributed by atoms with Crippen molar-refractivity contribution in [3.05, 3.63) is 68.6 Å². The van der Waals surface area contributed by atoms with Gasteiger partial charge in [-0.05, 0) is 48.7 Å². The molecule has 22 heavy (non-hydrogen) atoms. The van der Waals surface area contributed by atoms with Gasteiger partial charge in [0.25, 0.3) is 0 Å². The lowest BCUT2D eigenvalue weighted by Gasteiger charge is -2.07. The van der Waals surface area contributed by atoms with E-state index >= 15 is 0 Å². The summed E-state index contributed by atoms with van der Waals surface area (Å²) < 4.78 is 1.91. The summed E-state index contributed by atoms with van der Waals surface area (Å²) in [7, 11) is 0. The minimum atomic E-state index is 0.481. The molecule has 3 aromatic rings. The SMILES string of the molecule is Cc1ccc(C)c(-n2cc(-c3ccc(Cl)c(Cl)c3)sc2=N)c1. The monoisotopic (exact) mass is 348 g/mol. The maximum atomic E-state index is 8.26. The van der Waals surface area contributed by atoms with Crippen LogP contribution in [0.25, 0.3) is 16.1 Å². The molecule has 0 aliphatic heterocycles. The topological polar surface area (TPSA) is 28.8 Å². The van der Waals surface area contributed by atoms with Crippen LogP contribution in [0.2, 0.25) is 10.0 Å². The van der Waals surface area contributed by atoms with Crippen molar-refractivity contribution in [2.24, 2.45) is 0 Å². The summed E-state index contributed by atoms with van der Waals surface area (Å²) in [4.78, 5) is 1.47. The van der Waals surface area contributed by atoms with Crippen molar-refractivity contribution in [1.29, 1.82) is 5.41 Å². The number of aryl methyl sites for hydroxylation is 2. The molecule has 5 heteroatoms. The highest BCUT2D eigenvalue weighted by atomic mass is 35.5. The lowest BCUT2D eigenvalue weighted by atomic mass is 10.1. The van der Waals surface area contributed by atoms with Gasteiger partial charge < -0.3 is 0 Å². The first-order valence-corrected chi connectivity index (χ1v) is 8.33. The Morgan fingerprint density at radius 2 is 1.77 bits per heavy atom. The third-order valence-corrected chi connectivity index (χ3v) is 5.19. The van der Waals surface area contributed by atoms with E-state index < -0.39 is 0 Å². The molecule has 2 aromatic carbocycles. The molecule has 0 fully saturated rings. The van der Waals surface area contributed by atoms with Crippen molar-refractivity contribution in [3.8, 4) is 16.1 Å². The standard InChI is InChI=1S/C17H14Cl2N2S/c1-10-3-4-11(2)15(7-10)21-9-16(22-17(21)20)12-5-6-13(18)14(19)8-12/h3-9,20H,1-2H3. The number of hydrogen-bond donors (Lipinski definition) is 1. The Morgan fingerprint density at radius 1 is 1.00 bits per heavy atom. The molecular formula is C17H14Cl2N2S. The third kappa shape index (κ3) is 2.84. The predicted molar refractivity (Wildman–Crippen MR) is 94.4 cm³/mol. The van der Waals surface area contributed by atoms with Gasteiger partial charge in [-0.1, -0.05) is 52.7 Å². The van der Waals surface area contributed by atoms with Crippen LogP contribution in [-0.4, -0.2) is 4.57 Å². The number of aromatic nitrogens is 1. The highest BCUT2D eigenvalue weighted by molar-refractivity contribution is 7.12. The fraction of sp³-hybridized carbons (Fsp3) is 0.118. The molecule has 1 N–H and O–H groups in total. The molecule has 0 unspecified atom stereocenters. The van der Waals surface area contributed by atoms with E-state index in [2.05, 4.69) is 32.0 Å². The Morgan fingerprint density at radius 3 is 2.50 bits per heavy atom. The number of thiazole rings is 1. The second-order valence-electron chi connectivity index (χ2n) is 5.19. The molecule has 1 heterocycles. The molecule has 0 aliphatic rings. The fourth-order valence-corrected chi connectivity index (χ4v) is 3.46. The van der Waals surface area contributed by atoms with Crippen LogP contribution >= 0.6 is 34.5 Å². The van der Waals surface area contributed by atoms with Crippen LogP contribution < -0.4 is 4.80 Å². The van der Waals surface area contributed by atoms with Crippen molar-refractivity contribution in [2.45, 2.75) is 13.8 Å². The molecule has 0 saturated heterocycles. The summed E-state index contributed by atoms with van der Waals surface area (Å²) >= 11 is 13.5. The summed E-state index contributed by atoms with van der Waals surface area (Å²) in [6, 6.07) is 11.8. The molecule has 0 aliphatic carbocycles. The maximum absolute atomic E-state index is 8.26. The number of nitrogens with zero attached hydrogens (tertiary/aromatic N) is 1. The zero-order valence-corrected chi connectivity index (χ0v) is 14.5. The highest BCUT2D eigenvalue weighted by Gasteiger charge is 2.09. The maximum Gasteiger partial charge on any atom is 0.187 e. The third-order valence-electron chi connectivity index (χ3n) is 3.50. The van der Waals surface area contributed by atoms with E-state index in [9.17, 15) is 0 Å². The van der Waals surface area contributed by atoms with Gasteiger partial charge >= 0.3 is 0 Å². The Labute approximate surface area is 143 Å².